The van der Waals surface area contributed by atoms with Crippen LogP contribution in [0.3, 0.4) is 0 Å². The zero-order valence-electron chi connectivity index (χ0n) is 12.5. The van der Waals surface area contributed by atoms with Crippen LogP contribution in [0, 0.1) is 39.0 Å². The van der Waals surface area contributed by atoms with Crippen LogP contribution >= 0.6 is 11.3 Å². The SMILES string of the molecule is CCn1nc(C)c(C=C(C#N)c2nc(C)c(C)s2)c1C. The first-order valence-corrected chi connectivity index (χ1v) is 7.39. The minimum absolute atomic E-state index is 0.605. The Bertz CT molecular complexity index is 694. The Kier molecular flexibility index (Phi) is 4.05. The fourth-order valence-corrected chi connectivity index (χ4v) is 2.98. The van der Waals surface area contributed by atoms with Crippen molar-refractivity contribution in [3.05, 3.63) is 32.5 Å². The van der Waals surface area contributed by atoms with Crippen LogP contribution in [0.5, 0.6) is 0 Å². The van der Waals surface area contributed by atoms with Gasteiger partial charge in [-0.15, -0.1) is 11.3 Å². The molecule has 0 aliphatic heterocycles. The van der Waals surface area contributed by atoms with E-state index in [1.807, 2.05) is 38.5 Å². The molecule has 0 fully saturated rings. The number of hydrogen-bond donors (Lipinski definition) is 0. The summed E-state index contributed by atoms with van der Waals surface area (Å²) in [5.74, 6) is 0. The van der Waals surface area contributed by atoms with Gasteiger partial charge in [0, 0.05) is 22.7 Å². The first kappa shape index (κ1) is 14.5. The second kappa shape index (κ2) is 5.59. The van der Waals surface area contributed by atoms with Gasteiger partial charge in [-0.2, -0.15) is 10.4 Å². The molecule has 0 N–H and O–H groups in total. The van der Waals surface area contributed by atoms with Gasteiger partial charge < -0.3 is 0 Å². The third-order valence-electron chi connectivity index (χ3n) is 3.41. The summed E-state index contributed by atoms with van der Waals surface area (Å²) in [4.78, 5) is 5.62. The van der Waals surface area contributed by atoms with Crippen molar-refractivity contribution >= 4 is 23.0 Å². The molecule has 0 saturated carbocycles. The number of aromatic nitrogens is 3. The van der Waals surface area contributed by atoms with Crippen LogP contribution in [-0.4, -0.2) is 14.8 Å². The van der Waals surface area contributed by atoms with Gasteiger partial charge in [0.15, 0.2) is 0 Å². The van der Waals surface area contributed by atoms with E-state index < -0.39 is 0 Å². The van der Waals surface area contributed by atoms with E-state index >= 15 is 0 Å². The molecule has 104 valence electrons. The molecule has 0 aromatic carbocycles. The highest BCUT2D eigenvalue weighted by molar-refractivity contribution is 7.12. The molecule has 2 aromatic heterocycles. The maximum atomic E-state index is 9.41. The quantitative estimate of drug-likeness (QED) is 0.809. The van der Waals surface area contributed by atoms with Gasteiger partial charge in [-0.1, -0.05) is 0 Å². The predicted octanol–water partition coefficient (Wildman–Crippen LogP) is 3.66. The number of allylic oxidation sites excluding steroid dienone is 1. The number of nitrogens with zero attached hydrogens (tertiary/aromatic N) is 4. The maximum absolute atomic E-state index is 9.41. The molecular weight excluding hydrogens is 268 g/mol. The highest BCUT2D eigenvalue weighted by Gasteiger charge is 2.13. The Morgan fingerprint density at radius 1 is 1.30 bits per heavy atom. The molecule has 2 heterocycles. The molecule has 0 saturated heterocycles. The number of nitriles is 1. The van der Waals surface area contributed by atoms with E-state index in [2.05, 4.69) is 23.1 Å². The molecule has 0 aliphatic carbocycles. The summed E-state index contributed by atoms with van der Waals surface area (Å²) in [6, 6.07) is 2.26. The molecule has 0 atom stereocenters. The van der Waals surface area contributed by atoms with Crippen molar-refractivity contribution in [1.29, 1.82) is 5.26 Å². The third-order valence-corrected chi connectivity index (χ3v) is 4.51. The second-order valence-electron chi connectivity index (χ2n) is 4.73. The lowest BCUT2D eigenvalue weighted by molar-refractivity contribution is 0.634. The first-order chi connectivity index (χ1) is 9.47. The normalized spacial score (nSPS) is 11.7. The highest BCUT2D eigenvalue weighted by atomic mass is 32.1. The Hall–Kier alpha value is -1.93. The number of hydrogen-bond acceptors (Lipinski definition) is 4. The van der Waals surface area contributed by atoms with Crippen LogP contribution in [0.25, 0.3) is 11.6 Å². The predicted molar refractivity (Wildman–Crippen MR) is 82.4 cm³/mol. The van der Waals surface area contributed by atoms with E-state index in [0.717, 1.165) is 39.1 Å². The molecule has 2 aromatic rings. The lowest BCUT2D eigenvalue weighted by Gasteiger charge is -1.99. The summed E-state index contributed by atoms with van der Waals surface area (Å²) in [6.45, 7) is 10.9. The van der Waals surface area contributed by atoms with Crippen molar-refractivity contribution in [3.8, 4) is 6.07 Å². The van der Waals surface area contributed by atoms with Crippen molar-refractivity contribution in [1.82, 2.24) is 14.8 Å². The topological polar surface area (TPSA) is 54.5 Å². The first-order valence-electron chi connectivity index (χ1n) is 6.58. The van der Waals surface area contributed by atoms with E-state index in [-0.39, 0.29) is 0 Å². The zero-order chi connectivity index (χ0) is 14.9. The van der Waals surface area contributed by atoms with Crippen molar-refractivity contribution in [3.63, 3.8) is 0 Å². The van der Waals surface area contributed by atoms with Gasteiger partial charge in [-0.05, 0) is 40.7 Å². The highest BCUT2D eigenvalue weighted by Crippen LogP contribution is 2.26. The van der Waals surface area contributed by atoms with Gasteiger partial charge in [0.25, 0.3) is 0 Å². The summed E-state index contributed by atoms with van der Waals surface area (Å²) in [7, 11) is 0. The fraction of sp³-hybridized carbons (Fsp3) is 0.400. The van der Waals surface area contributed by atoms with Gasteiger partial charge in [0.1, 0.15) is 11.1 Å². The van der Waals surface area contributed by atoms with Crippen LogP contribution in [-0.2, 0) is 6.54 Å². The molecule has 4 nitrogen and oxygen atoms in total. The van der Waals surface area contributed by atoms with Gasteiger partial charge >= 0.3 is 0 Å². The van der Waals surface area contributed by atoms with Crippen LogP contribution in [0.15, 0.2) is 0 Å². The summed E-state index contributed by atoms with van der Waals surface area (Å²) in [5.41, 5.74) is 4.65. The van der Waals surface area contributed by atoms with Crippen molar-refractivity contribution < 1.29 is 0 Å². The van der Waals surface area contributed by atoms with Crippen LogP contribution in [0.2, 0.25) is 0 Å². The maximum Gasteiger partial charge on any atom is 0.134 e. The average Bonchev–Trinajstić information content (AvgIpc) is 2.88. The van der Waals surface area contributed by atoms with Crippen LogP contribution in [0.1, 0.15) is 39.5 Å². The average molecular weight is 286 g/mol. The minimum Gasteiger partial charge on any atom is -0.269 e. The van der Waals surface area contributed by atoms with E-state index in [9.17, 15) is 5.26 Å². The zero-order valence-corrected chi connectivity index (χ0v) is 13.3. The lowest BCUT2D eigenvalue weighted by atomic mass is 10.1. The molecule has 0 aliphatic rings. The minimum atomic E-state index is 0.605. The van der Waals surface area contributed by atoms with E-state index in [4.69, 9.17) is 0 Å². The molecule has 0 radical (unpaired) electrons. The number of aryl methyl sites for hydroxylation is 4. The molecule has 0 bridgehead atoms. The van der Waals surface area contributed by atoms with Crippen molar-refractivity contribution in [2.24, 2.45) is 0 Å². The standard InChI is InChI=1S/C15H18N4S/c1-6-19-11(4)14(10(3)18-19)7-13(8-16)15-17-9(2)12(5)20-15/h7H,6H2,1-5H3. The molecule has 5 heteroatoms. The van der Waals surface area contributed by atoms with E-state index in [1.165, 1.54) is 0 Å². The molecule has 0 unspecified atom stereocenters. The number of thiazole rings is 1. The summed E-state index contributed by atoms with van der Waals surface area (Å²) in [6.07, 6.45) is 1.90. The molecule has 2 rings (SSSR count). The Labute approximate surface area is 123 Å². The van der Waals surface area contributed by atoms with Gasteiger partial charge in [-0.3, -0.25) is 4.68 Å². The largest absolute Gasteiger partial charge is 0.269 e. The number of rotatable bonds is 3. The third kappa shape index (κ3) is 2.52. The van der Waals surface area contributed by atoms with E-state index in [1.54, 1.807) is 11.3 Å². The van der Waals surface area contributed by atoms with Crippen LogP contribution in [0.4, 0.5) is 0 Å². The van der Waals surface area contributed by atoms with Crippen molar-refractivity contribution in [2.75, 3.05) is 0 Å². The summed E-state index contributed by atoms with van der Waals surface area (Å²) < 4.78 is 1.95. The van der Waals surface area contributed by atoms with Gasteiger partial charge in [0.2, 0.25) is 0 Å². The van der Waals surface area contributed by atoms with Gasteiger partial charge in [0.05, 0.1) is 17.0 Å². The van der Waals surface area contributed by atoms with Crippen molar-refractivity contribution in [2.45, 2.75) is 41.2 Å². The lowest BCUT2D eigenvalue weighted by Crippen LogP contribution is -1.98. The Balaban J connectivity index is 2.52. The Morgan fingerprint density at radius 2 is 2.00 bits per heavy atom. The summed E-state index contributed by atoms with van der Waals surface area (Å²) >= 11 is 1.56. The second-order valence-corrected chi connectivity index (χ2v) is 5.93. The fourth-order valence-electron chi connectivity index (χ4n) is 2.10. The smallest absolute Gasteiger partial charge is 0.134 e. The Morgan fingerprint density at radius 3 is 2.45 bits per heavy atom. The molecular formula is C15H18N4S. The molecule has 0 spiro atoms. The van der Waals surface area contributed by atoms with Gasteiger partial charge in [-0.25, -0.2) is 4.98 Å². The van der Waals surface area contributed by atoms with Crippen LogP contribution < -0.4 is 0 Å². The monoisotopic (exact) mass is 286 g/mol. The van der Waals surface area contributed by atoms with E-state index in [0.29, 0.717) is 5.57 Å². The summed E-state index contributed by atoms with van der Waals surface area (Å²) in [5, 5.41) is 14.7. The molecule has 0 amide bonds. The molecule has 20 heavy (non-hydrogen) atoms.